The minimum absolute atomic E-state index is 0.147. The van der Waals surface area contributed by atoms with Gasteiger partial charge in [-0.25, -0.2) is 0 Å². The highest BCUT2D eigenvalue weighted by Gasteiger charge is 2.17. The van der Waals surface area contributed by atoms with Crippen LogP contribution in [-0.2, 0) is 0 Å². The third kappa shape index (κ3) is 3.87. The first kappa shape index (κ1) is 15.1. The van der Waals surface area contributed by atoms with Crippen molar-refractivity contribution in [2.24, 2.45) is 5.73 Å². The molecule has 1 aliphatic heterocycles. The first-order chi connectivity index (χ1) is 10.8. The zero-order chi connectivity index (χ0) is 15.2. The lowest BCUT2D eigenvalue weighted by atomic mass is 10.0. The standard InChI is InChI=1S/C19H25N3/c20-19(17-7-3-1-4-8-17)11-12-21-13-15-22(16-14-21)18-9-5-2-6-10-18/h1-10,19H,11-16,20H2. The first-order valence-corrected chi connectivity index (χ1v) is 8.16. The van der Waals surface area contributed by atoms with Crippen molar-refractivity contribution in [3.63, 3.8) is 0 Å². The Kier molecular flexibility index (Phi) is 5.09. The fraction of sp³-hybridized carbons (Fsp3) is 0.368. The van der Waals surface area contributed by atoms with Crippen molar-refractivity contribution in [1.82, 2.24) is 4.90 Å². The van der Waals surface area contributed by atoms with Crippen molar-refractivity contribution in [3.05, 3.63) is 66.2 Å². The van der Waals surface area contributed by atoms with Crippen LogP contribution in [0.2, 0.25) is 0 Å². The van der Waals surface area contributed by atoms with Crippen molar-refractivity contribution in [2.75, 3.05) is 37.6 Å². The number of hydrogen-bond donors (Lipinski definition) is 1. The average molecular weight is 295 g/mol. The molecule has 2 aromatic carbocycles. The van der Waals surface area contributed by atoms with E-state index in [1.165, 1.54) is 11.3 Å². The molecule has 1 saturated heterocycles. The molecule has 0 aliphatic carbocycles. The second-order valence-corrected chi connectivity index (χ2v) is 5.97. The van der Waals surface area contributed by atoms with Crippen molar-refractivity contribution in [1.29, 1.82) is 0 Å². The van der Waals surface area contributed by atoms with Gasteiger partial charge in [-0.1, -0.05) is 48.5 Å². The molecule has 1 unspecified atom stereocenters. The van der Waals surface area contributed by atoms with E-state index in [0.717, 1.165) is 39.1 Å². The Morgan fingerprint density at radius 2 is 1.41 bits per heavy atom. The van der Waals surface area contributed by atoms with E-state index >= 15 is 0 Å². The summed E-state index contributed by atoms with van der Waals surface area (Å²) in [4.78, 5) is 5.00. The largest absolute Gasteiger partial charge is 0.369 e. The summed E-state index contributed by atoms with van der Waals surface area (Å²) in [6, 6.07) is 21.2. The fourth-order valence-corrected chi connectivity index (χ4v) is 3.06. The summed E-state index contributed by atoms with van der Waals surface area (Å²) in [5.74, 6) is 0. The van der Waals surface area contributed by atoms with E-state index in [0.29, 0.717) is 0 Å². The van der Waals surface area contributed by atoms with Gasteiger partial charge in [0.15, 0.2) is 0 Å². The van der Waals surface area contributed by atoms with Crippen molar-refractivity contribution in [2.45, 2.75) is 12.5 Å². The predicted molar refractivity (Wildman–Crippen MR) is 93.1 cm³/mol. The Balaban J connectivity index is 1.44. The second kappa shape index (κ2) is 7.43. The highest BCUT2D eigenvalue weighted by Crippen LogP contribution is 2.17. The van der Waals surface area contributed by atoms with E-state index < -0.39 is 0 Å². The maximum absolute atomic E-state index is 6.29. The molecular formula is C19H25N3. The molecule has 0 saturated carbocycles. The lowest BCUT2D eigenvalue weighted by Crippen LogP contribution is -2.47. The van der Waals surface area contributed by atoms with E-state index in [1.807, 2.05) is 6.07 Å². The molecule has 2 aromatic rings. The average Bonchev–Trinajstić information content (AvgIpc) is 2.61. The molecule has 116 valence electrons. The number of piperazine rings is 1. The van der Waals surface area contributed by atoms with Crippen LogP contribution in [0, 0.1) is 0 Å². The summed E-state index contributed by atoms with van der Waals surface area (Å²) >= 11 is 0. The lowest BCUT2D eigenvalue weighted by Gasteiger charge is -2.36. The van der Waals surface area contributed by atoms with Gasteiger partial charge in [-0.15, -0.1) is 0 Å². The van der Waals surface area contributed by atoms with Crippen LogP contribution in [0.25, 0.3) is 0 Å². The second-order valence-electron chi connectivity index (χ2n) is 5.97. The number of benzene rings is 2. The van der Waals surface area contributed by atoms with E-state index in [9.17, 15) is 0 Å². The predicted octanol–water partition coefficient (Wildman–Crippen LogP) is 2.90. The Bertz CT molecular complexity index is 547. The van der Waals surface area contributed by atoms with Gasteiger partial charge in [-0.05, 0) is 24.1 Å². The van der Waals surface area contributed by atoms with Crippen LogP contribution in [0.4, 0.5) is 5.69 Å². The lowest BCUT2D eigenvalue weighted by molar-refractivity contribution is 0.248. The maximum atomic E-state index is 6.29. The van der Waals surface area contributed by atoms with Crippen LogP contribution in [0.5, 0.6) is 0 Å². The van der Waals surface area contributed by atoms with Gasteiger partial charge < -0.3 is 10.6 Å². The maximum Gasteiger partial charge on any atom is 0.0367 e. The van der Waals surface area contributed by atoms with Crippen molar-refractivity contribution < 1.29 is 0 Å². The molecule has 0 radical (unpaired) electrons. The third-order valence-electron chi connectivity index (χ3n) is 4.48. The molecule has 1 heterocycles. The van der Waals surface area contributed by atoms with Crippen LogP contribution < -0.4 is 10.6 Å². The van der Waals surface area contributed by atoms with Gasteiger partial charge in [0.1, 0.15) is 0 Å². The number of nitrogens with zero attached hydrogens (tertiary/aromatic N) is 2. The molecular weight excluding hydrogens is 270 g/mol. The van der Waals surface area contributed by atoms with Crippen LogP contribution >= 0.6 is 0 Å². The van der Waals surface area contributed by atoms with Gasteiger partial charge in [0.25, 0.3) is 0 Å². The molecule has 3 heteroatoms. The molecule has 0 amide bonds. The van der Waals surface area contributed by atoms with Gasteiger partial charge in [0, 0.05) is 44.5 Å². The summed E-state index contributed by atoms with van der Waals surface area (Å²) < 4.78 is 0. The molecule has 3 rings (SSSR count). The van der Waals surface area contributed by atoms with Crippen molar-refractivity contribution in [3.8, 4) is 0 Å². The third-order valence-corrected chi connectivity index (χ3v) is 4.48. The topological polar surface area (TPSA) is 32.5 Å². The first-order valence-electron chi connectivity index (χ1n) is 8.16. The smallest absolute Gasteiger partial charge is 0.0367 e. The molecule has 0 aromatic heterocycles. The molecule has 3 nitrogen and oxygen atoms in total. The molecule has 1 fully saturated rings. The van der Waals surface area contributed by atoms with Crippen LogP contribution in [0.3, 0.4) is 0 Å². The SMILES string of the molecule is NC(CCN1CCN(c2ccccc2)CC1)c1ccccc1. The van der Waals surface area contributed by atoms with Gasteiger partial charge >= 0.3 is 0 Å². The summed E-state index contributed by atoms with van der Waals surface area (Å²) in [7, 11) is 0. The number of hydrogen-bond acceptors (Lipinski definition) is 3. The zero-order valence-corrected chi connectivity index (χ0v) is 13.1. The van der Waals surface area contributed by atoms with Gasteiger partial charge in [-0.2, -0.15) is 0 Å². The molecule has 1 aliphatic rings. The molecule has 2 N–H and O–H groups in total. The van der Waals surface area contributed by atoms with Crippen LogP contribution in [0.1, 0.15) is 18.0 Å². The van der Waals surface area contributed by atoms with E-state index in [2.05, 4.69) is 64.4 Å². The monoisotopic (exact) mass is 295 g/mol. The summed E-state index contributed by atoms with van der Waals surface area (Å²) in [5, 5.41) is 0. The molecule has 0 bridgehead atoms. The Hall–Kier alpha value is -1.84. The Labute approximate surface area is 133 Å². The van der Waals surface area contributed by atoms with Gasteiger partial charge in [0.05, 0.1) is 0 Å². The molecule has 0 spiro atoms. The zero-order valence-electron chi connectivity index (χ0n) is 13.1. The number of rotatable bonds is 5. The quantitative estimate of drug-likeness (QED) is 0.920. The number of nitrogens with two attached hydrogens (primary N) is 1. The van der Waals surface area contributed by atoms with Gasteiger partial charge in [0.2, 0.25) is 0 Å². The van der Waals surface area contributed by atoms with E-state index in [4.69, 9.17) is 5.73 Å². The highest BCUT2D eigenvalue weighted by atomic mass is 15.3. The van der Waals surface area contributed by atoms with Crippen LogP contribution in [-0.4, -0.2) is 37.6 Å². The van der Waals surface area contributed by atoms with Crippen LogP contribution in [0.15, 0.2) is 60.7 Å². The van der Waals surface area contributed by atoms with E-state index in [1.54, 1.807) is 0 Å². The van der Waals surface area contributed by atoms with Crippen molar-refractivity contribution >= 4 is 5.69 Å². The fourth-order valence-electron chi connectivity index (χ4n) is 3.06. The highest BCUT2D eigenvalue weighted by molar-refractivity contribution is 5.46. The summed E-state index contributed by atoms with van der Waals surface area (Å²) in [5.41, 5.74) is 8.87. The van der Waals surface area contributed by atoms with Gasteiger partial charge in [-0.3, -0.25) is 4.90 Å². The molecule has 22 heavy (non-hydrogen) atoms. The van der Waals surface area contributed by atoms with E-state index in [-0.39, 0.29) is 6.04 Å². The number of anilines is 1. The summed E-state index contributed by atoms with van der Waals surface area (Å²) in [6.45, 7) is 5.53. The normalized spacial score (nSPS) is 17.4. The Morgan fingerprint density at radius 1 is 0.818 bits per heavy atom. The molecule has 1 atom stereocenters. The minimum atomic E-state index is 0.147. The minimum Gasteiger partial charge on any atom is -0.369 e. The number of para-hydroxylation sites is 1. The Morgan fingerprint density at radius 3 is 2.05 bits per heavy atom. The summed E-state index contributed by atoms with van der Waals surface area (Å²) in [6.07, 6.45) is 1.02.